The van der Waals surface area contributed by atoms with E-state index in [-0.39, 0.29) is 11.3 Å². The molecule has 0 aliphatic heterocycles. The Morgan fingerprint density at radius 3 is 2.46 bits per heavy atom. The molecule has 4 aromatic rings. The van der Waals surface area contributed by atoms with Crippen molar-refractivity contribution >= 4 is 0 Å². The second-order valence-corrected chi connectivity index (χ2v) is 10.1. The van der Waals surface area contributed by atoms with Gasteiger partial charge in [-0.2, -0.15) is 0 Å². The van der Waals surface area contributed by atoms with Gasteiger partial charge in [-0.1, -0.05) is 81.5 Å². The van der Waals surface area contributed by atoms with Crippen LogP contribution in [-0.4, -0.2) is 4.57 Å². The summed E-state index contributed by atoms with van der Waals surface area (Å²) in [5, 5.41) is 0. The topological polar surface area (TPSA) is 18.0 Å². The quantitative estimate of drug-likeness (QED) is 0.171. The zero-order chi connectivity index (χ0) is 24.6. The van der Waals surface area contributed by atoms with Crippen LogP contribution in [0.4, 0.5) is 0 Å². The van der Waals surface area contributed by atoms with Crippen LogP contribution in [0.15, 0.2) is 103 Å². The summed E-state index contributed by atoms with van der Waals surface area (Å²) in [6.45, 7) is 8.89. The van der Waals surface area contributed by atoms with E-state index in [9.17, 15) is 0 Å². The molecule has 3 nitrogen and oxygen atoms in total. The first-order valence-corrected chi connectivity index (χ1v) is 12.2. The number of ether oxygens (including phenoxy) is 1. The molecule has 0 radical (unpaired) electrons. The molecule has 0 saturated heterocycles. The molecule has 0 saturated carbocycles. The van der Waals surface area contributed by atoms with E-state index in [0.29, 0.717) is 0 Å². The van der Waals surface area contributed by atoms with Crippen molar-refractivity contribution in [2.75, 3.05) is 0 Å². The second-order valence-electron chi connectivity index (χ2n) is 10.1. The SMILES string of the molecule is C/C=C(\C=C\C1c2ccccc2-c2ccc(Oc3cccc(-n4[c-][n+](C)cc4)c3)cc21)C(C)(C)C. The average molecular weight is 461 g/mol. The standard InChI is InChI=1S/C32H32N2O/c1-6-23(32(2,3)4)14-16-29-27-12-7-8-13-28(27)30-17-15-26(21-31(29)30)35-25-11-9-10-24(20-25)34-19-18-33(5)22-34/h6-21,29H,1-5H3/b16-14+,23-6+. The number of aryl methyl sites for hydroxylation is 1. The fourth-order valence-corrected chi connectivity index (χ4v) is 4.85. The van der Waals surface area contributed by atoms with Crippen molar-refractivity contribution in [2.24, 2.45) is 12.5 Å². The number of nitrogens with zero attached hydrogens (tertiary/aromatic N) is 2. The zero-order valence-corrected chi connectivity index (χ0v) is 21.1. The summed E-state index contributed by atoms with van der Waals surface area (Å²) in [6, 6.07) is 23.3. The molecule has 1 aromatic heterocycles. The van der Waals surface area contributed by atoms with Gasteiger partial charge in [0.05, 0.1) is 12.7 Å². The monoisotopic (exact) mass is 460 g/mol. The van der Waals surface area contributed by atoms with E-state index < -0.39 is 0 Å². The molecule has 3 aromatic carbocycles. The Labute approximate surface area is 208 Å². The minimum atomic E-state index is 0.108. The number of hydrogen-bond acceptors (Lipinski definition) is 1. The Morgan fingerprint density at radius 2 is 1.71 bits per heavy atom. The third-order valence-corrected chi connectivity index (χ3v) is 6.63. The highest BCUT2D eigenvalue weighted by Crippen LogP contribution is 2.47. The van der Waals surface area contributed by atoms with Gasteiger partial charge in [0.2, 0.25) is 6.33 Å². The van der Waals surface area contributed by atoms with Crippen LogP contribution in [0, 0.1) is 11.7 Å². The molecule has 35 heavy (non-hydrogen) atoms. The first-order valence-electron chi connectivity index (χ1n) is 12.2. The van der Waals surface area contributed by atoms with Crippen molar-refractivity contribution in [3.05, 3.63) is 120 Å². The molecule has 0 N–H and O–H groups in total. The molecule has 0 spiro atoms. The van der Waals surface area contributed by atoms with Crippen molar-refractivity contribution in [2.45, 2.75) is 33.6 Å². The summed E-state index contributed by atoms with van der Waals surface area (Å²) in [6.07, 6.45) is 14.0. The molecule has 5 rings (SSSR count). The van der Waals surface area contributed by atoms with Gasteiger partial charge in [0.1, 0.15) is 11.5 Å². The highest BCUT2D eigenvalue weighted by molar-refractivity contribution is 5.80. The molecule has 1 atom stereocenters. The summed E-state index contributed by atoms with van der Waals surface area (Å²) in [5.74, 6) is 1.85. The first-order chi connectivity index (χ1) is 16.8. The minimum absolute atomic E-state index is 0.108. The Balaban J connectivity index is 1.49. The van der Waals surface area contributed by atoms with Crippen LogP contribution in [0.1, 0.15) is 44.7 Å². The highest BCUT2D eigenvalue weighted by Gasteiger charge is 2.27. The zero-order valence-electron chi connectivity index (χ0n) is 21.1. The first kappa shape index (κ1) is 22.9. The largest absolute Gasteiger partial charge is 0.458 e. The van der Waals surface area contributed by atoms with Crippen LogP contribution in [-0.2, 0) is 7.05 Å². The maximum absolute atomic E-state index is 6.35. The molecule has 176 valence electrons. The predicted molar refractivity (Wildman–Crippen MR) is 142 cm³/mol. The second kappa shape index (κ2) is 9.07. The Hall–Kier alpha value is -3.85. The van der Waals surface area contributed by atoms with Gasteiger partial charge >= 0.3 is 0 Å². The number of hydrogen-bond donors (Lipinski definition) is 0. The van der Waals surface area contributed by atoms with Gasteiger partial charge in [-0.3, -0.25) is 0 Å². The van der Waals surface area contributed by atoms with Crippen LogP contribution in [0.2, 0.25) is 0 Å². The van der Waals surface area contributed by atoms with E-state index in [1.807, 2.05) is 46.8 Å². The van der Waals surface area contributed by atoms with E-state index in [1.165, 1.54) is 27.8 Å². The minimum Gasteiger partial charge on any atom is -0.458 e. The lowest BCUT2D eigenvalue weighted by Crippen LogP contribution is -2.24. The third kappa shape index (κ3) is 4.59. The number of benzene rings is 3. The molecular weight excluding hydrogens is 428 g/mol. The molecule has 1 aliphatic rings. The number of allylic oxidation sites excluding steroid dienone is 4. The Bertz CT molecular complexity index is 1430. The molecule has 0 fully saturated rings. The number of imidazole rings is 1. The van der Waals surface area contributed by atoms with Gasteiger partial charge < -0.3 is 13.9 Å². The van der Waals surface area contributed by atoms with Gasteiger partial charge in [-0.05, 0) is 64.4 Å². The molecule has 1 aliphatic carbocycles. The summed E-state index contributed by atoms with van der Waals surface area (Å²) in [4.78, 5) is 0. The summed E-state index contributed by atoms with van der Waals surface area (Å²) < 4.78 is 10.2. The maximum atomic E-state index is 6.35. The van der Waals surface area contributed by atoms with Crippen LogP contribution in [0.25, 0.3) is 16.8 Å². The van der Waals surface area contributed by atoms with Crippen molar-refractivity contribution in [3.8, 4) is 28.3 Å². The molecule has 3 heteroatoms. The summed E-state index contributed by atoms with van der Waals surface area (Å²) in [7, 11) is 1.96. The summed E-state index contributed by atoms with van der Waals surface area (Å²) in [5.41, 5.74) is 7.67. The van der Waals surface area contributed by atoms with E-state index in [0.717, 1.165) is 17.2 Å². The number of rotatable bonds is 5. The third-order valence-electron chi connectivity index (χ3n) is 6.63. The maximum Gasteiger partial charge on any atom is 0.243 e. The predicted octanol–water partition coefficient (Wildman–Crippen LogP) is 7.56. The van der Waals surface area contributed by atoms with Gasteiger partial charge in [-0.15, -0.1) is 0 Å². The van der Waals surface area contributed by atoms with Gasteiger partial charge in [0.15, 0.2) is 0 Å². The van der Waals surface area contributed by atoms with Crippen molar-refractivity contribution in [1.29, 1.82) is 0 Å². The van der Waals surface area contributed by atoms with Crippen LogP contribution in [0.3, 0.4) is 0 Å². The average Bonchev–Trinajstić information content (AvgIpc) is 3.40. The number of fused-ring (bicyclic) bond motifs is 3. The van der Waals surface area contributed by atoms with E-state index >= 15 is 0 Å². The van der Waals surface area contributed by atoms with Gasteiger partial charge in [0.25, 0.3) is 0 Å². The Morgan fingerprint density at radius 1 is 0.943 bits per heavy atom. The van der Waals surface area contributed by atoms with Crippen molar-refractivity contribution in [1.82, 2.24) is 4.57 Å². The lowest BCUT2D eigenvalue weighted by molar-refractivity contribution is -0.674. The molecule has 1 unspecified atom stereocenters. The molecule has 0 bridgehead atoms. The number of aromatic nitrogens is 2. The van der Waals surface area contributed by atoms with E-state index in [4.69, 9.17) is 4.74 Å². The van der Waals surface area contributed by atoms with E-state index in [2.05, 4.69) is 101 Å². The molecular formula is C32H32N2O. The van der Waals surface area contributed by atoms with Crippen molar-refractivity contribution < 1.29 is 9.30 Å². The van der Waals surface area contributed by atoms with E-state index in [1.54, 1.807) is 0 Å². The summed E-state index contributed by atoms with van der Waals surface area (Å²) >= 11 is 0. The smallest absolute Gasteiger partial charge is 0.243 e. The lowest BCUT2D eigenvalue weighted by Gasteiger charge is -2.20. The Kier molecular flexibility index (Phi) is 5.94. The normalized spacial score (nSPS) is 15.3. The fraction of sp³-hybridized carbons (Fsp3) is 0.219. The van der Waals surface area contributed by atoms with Crippen molar-refractivity contribution in [3.63, 3.8) is 0 Å². The lowest BCUT2D eigenvalue weighted by atomic mass is 9.85. The van der Waals surface area contributed by atoms with Crippen LogP contribution in [0.5, 0.6) is 11.5 Å². The van der Waals surface area contributed by atoms with Gasteiger partial charge in [0, 0.05) is 18.3 Å². The molecule has 0 amide bonds. The highest BCUT2D eigenvalue weighted by atomic mass is 16.5. The van der Waals surface area contributed by atoms with Crippen LogP contribution < -0.4 is 9.30 Å². The fourth-order valence-electron chi connectivity index (χ4n) is 4.85. The van der Waals surface area contributed by atoms with Crippen LogP contribution >= 0.6 is 0 Å². The van der Waals surface area contributed by atoms with Gasteiger partial charge in [-0.25, -0.2) is 0 Å². The molecule has 1 heterocycles.